The monoisotopic (exact) mass is 629 g/mol. The molecule has 0 bridgehead atoms. The fourth-order valence-corrected chi connectivity index (χ4v) is 6.21. The first-order chi connectivity index (χ1) is 22.1. The zero-order valence-electron chi connectivity index (χ0n) is 25.2. The van der Waals surface area contributed by atoms with Gasteiger partial charge in [0.25, 0.3) is 0 Å². The molecule has 15 heteroatoms. The van der Waals surface area contributed by atoms with Crippen molar-refractivity contribution >= 4 is 22.9 Å². The number of hydrogen-bond donors (Lipinski definition) is 1. The van der Waals surface area contributed by atoms with Gasteiger partial charge in [0, 0.05) is 12.7 Å². The van der Waals surface area contributed by atoms with E-state index in [1.54, 1.807) is 17.2 Å². The van der Waals surface area contributed by atoms with Crippen molar-refractivity contribution in [2.75, 3.05) is 37.7 Å². The van der Waals surface area contributed by atoms with Gasteiger partial charge in [-0.3, -0.25) is 4.98 Å². The van der Waals surface area contributed by atoms with Crippen LogP contribution in [0.5, 0.6) is 5.75 Å². The number of aromatic nitrogens is 7. The van der Waals surface area contributed by atoms with Crippen LogP contribution in [0.15, 0.2) is 54.0 Å². The van der Waals surface area contributed by atoms with E-state index in [-0.39, 0.29) is 55.0 Å². The van der Waals surface area contributed by atoms with Gasteiger partial charge in [-0.1, -0.05) is 19.9 Å². The standard InChI is InChI=1S/C31H29F2N9O4/c1-17(2)24-26(18(3)7-8-35-24)42-28-19(11-21(33)25(37-28)23-20(32)5-4-6-22(23)43)27(38-29(42)44)39-9-10-46-31(12-39)13-40(14-31)30(45)41-16-34-15-36-41/h4-8,11,15-17,43H,9-10,12-14H2,1-3H3. The lowest BCUT2D eigenvalue weighted by atomic mass is 9.92. The number of anilines is 1. The van der Waals surface area contributed by atoms with Crippen LogP contribution in [0, 0.1) is 18.6 Å². The van der Waals surface area contributed by atoms with Gasteiger partial charge in [0.05, 0.1) is 48.6 Å². The van der Waals surface area contributed by atoms with E-state index in [0.717, 1.165) is 16.8 Å². The fourth-order valence-electron chi connectivity index (χ4n) is 6.21. The quantitative estimate of drug-likeness (QED) is 0.314. The van der Waals surface area contributed by atoms with Crippen molar-refractivity contribution in [1.82, 2.24) is 39.2 Å². The summed E-state index contributed by atoms with van der Waals surface area (Å²) in [5.74, 6) is -2.22. The topological polar surface area (TPSA) is 144 Å². The summed E-state index contributed by atoms with van der Waals surface area (Å²) in [6, 6.07) is 6.18. The number of phenolic OH excluding ortho intramolecular Hbond substituents is 1. The number of benzene rings is 1. The lowest BCUT2D eigenvalue weighted by Crippen LogP contribution is -2.71. The number of fused-ring (bicyclic) bond motifs is 1. The molecule has 0 radical (unpaired) electrons. The molecule has 2 saturated heterocycles. The molecule has 0 unspecified atom stereocenters. The van der Waals surface area contributed by atoms with E-state index in [4.69, 9.17) is 4.74 Å². The second-order valence-corrected chi connectivity index (χ2v) is 11.8. The number of hydrogen-bond acceptors (Lipinski definition) is 10. The number of morpholine rings is 1. The Kier molecular flexibility index (Phi) is 6.99. The van der Waals surface area contributed by atoms with Crippen molar-refractivity contribution in [2.24, 2.45) is 0 Å². The van der Waals surface area contributed by atoms with E-state index in [2.05, 4.69) is 25.0 Å². The highest BCUT2D eigenvalue weighted by Crippen LogP contribution is 2.38. The summed E-state index contributed by atoms with van der Waals surface area (Å²) < 4.78 is 39.5. The number of pyridine rings is 2. The molecule has 0 saturated carbocycles. The number of halogens is 2. The molecule has 7 rings (SSSR count). The summed E-state index contributed by atoms with van der Waals surface area (Å²) in [6.07, 6.45) is 4.23. The van der Waals surface area contributed by atoms with Crippen molar-refractivity contribution in [3.05, 3.63) is 82.6 Å². The Balaban J connectivity index is 1.38. The number of nitrogens with zero attached hydrogens (tertiary/aromatic N) is 9. The molecule has 5 aromatic rings. The highest BCUT2D eigenvalue weighted by molar-refractivity contribution is 5.91. The summed E-state index contributed by atoms with van der Waals surface area (Å²) in [6.45, 7) is 7.02. The van der Waals surface area contributed by atoms with Crippen LogP contribution in [0.3, 0.4) is 0 Å². The van der Waals surface area contributed by atoms with E-state index in [1.165, 1.54) is 29.4 Å². The van der Waals surface area contributed by atoms with Crippen molar-refractivity contribution in [3.8, 4) is 22.7 Å². The summed E-state index contributed by atoms with van der Waals surface area (Å²) >= 11 is 0. The van der Waals surface area contributed by atoms with Crippen LogP contribution in [-0.4, -0.2) is 88.7 Å². The SMILES string of the molecule is Cc1ccnc(C(C)C)c1-n1c(=O)nc(N2CCOC3(CN(C(=O)n4cncn4)C3)C2)c2cc(F)c(-c3c(O)cccc3F)nc21. The molecule has 6 heterocycles. The summed E-state index contributed by atoms with van der Waals surface area (Å²) in [4.78, 5) is 47.5. The second kappa shape index (κ2) is 10.9. The molecule has 0 aliphatic carbocycles. The molecule has 1 spiro atoms. The molecular formula is C31H29F2N9O4. The molecule has 0 atom stereocenters. The lowest BCUT2D eigenvalue weighted by Gasteiger charge is -2.53. The van der Waals surface area contributed by atoms with E-state index >= 15 is 8.78 Å². The van der Waals surface area contributed by atoms with Crippen molar-refractivity contribution in [2.45, 2.75) is 32.3 Å². The molecule has 1 amide bonds. The van der Waals surface area contributed by atoms with Crippen LogP contribution in [-0.2, 0) is 4.74 Å². The number of aromatic hydroxyl groups is 1. The third kappa shape index (κ3) is 4.74. The molecule has 46 heavy (non-hydrogen) atoms. The number of amides is 1. The Morgan fingerprint density at radius 2 is 1.91 bits per heavy atom. The number of phenols is 1. The second-order valence-electron chi connectivity index (χ2n) is 11.8. The molecule has 1 N–H and O–H groups in total. The predicted molar refractivity (Wildman–Crippen MR) is 162 cm³/mol. The lowest BCUT2D eigenvalue weighted by molar-refractivity contribution is -0.133. The van der Waals surface area contributed by atoms with Crippen LogP contribution in [0.4, 0.5) is 19.4 Å². The van der Waals surface area contributed by atoms with Gasteiger partial charge in [-0.15, -0.1) is 0 Å². The highest BCUT2D eigenvalue weighted by Gasteiger charge is 2.50. The van der Waals surface area contributed by atoms with Crippen LogP contribution in [0.1, 0.15) is 31.0 Å². The smallest absolute Gasteiger partial charge is 0.355 e. The summed E-state index contributed by atoms with van der Waals surface area (Å²) in [5.41, 5.74) is -0.582. The Morgan fingerprint density at radius 3 is 2.63 bits per heavy atom. The molecule has 1 aromatic carbocycles. The van der Waals surface area contributed by atoms with Crippen LogP contribution < -0.4 is 10.6 Å². The number of ether oxygens (including phenoxy) is 1. The third-order valence-electron chi connectivity index (χ3n) is 8.35. The van der Waals surface area contributed by atoms with Crippen LogP contribution in [0.25, 0.3) is 28.0 Å². The average molecular weight is 630 g/mol. The van der Waals surface area contributed by atoms with Crippen molar-refractivity contribution in [1.29, 1.82) is 0 Å². The maximum Gasteiger partial charge on any atom is 0.355 e. The molecule has 2 aliphatic heterocycles. The molecular weight excluding hydrogens is 600 g/mol. The normalized spacial score (nSPS) is 16.0. The number of carbonyl (C=O) groups excluding carboxylic acids is 1. The number of likely N-dealkylation sites (tertiary alicyclic amines) is 1. The first kappa shape index (κ1) is 29.4. The minimum Gasteiger partial charge on any atom is -0.507 e. The number of aryl methyl sites for hydroxylation is 1. The third-order valence-corrected chi connectivity index (χ3v) is 8.35. The van der Waals surface area contributed by atoms with Crippen LogP contribution in [0.2, 0.25) is 0 Å². The Bertz CT molecular complexity index is 2040. The Labute approximate surface area is 260 Å². The van der Waals surface area contributed by atoms with Gasteiger partial charge >= 0.3 is 11.7 Å². The minimum absolute atomic E-state index is 0.0178. The first-order valence-corrected chi connectivity index (χ1v) is 14.7. The number of carbonyl (C=O) groups is 1. The predicted octanol–water partition coefficient (Wildman–Crippen LogP) is 3.41. The van der Waals surface area contributed by atoms with E-state index < -0.39 is 39.9 Å². The van der Waals surface area contributed by atoms with E-state index in [9.17, 15) is 14.7 Å². The Hall–Kier alpha value is -5.31. The maximum atomic E-state index is 16.0. The van der Waals surface area contributed by atoms with Crippen LogP contribution >= 0.6 is 0 Å². The molecule has 2 fully saturated rings. The summed E-state index contributed by atoms with van der Waals surface area (Å²) in [5, 5.41) is 14.6. The van der Waals surface area contributed by atoms with Crippen molar-refractivity contribution in [3.63, 3.8) is 0 Å². The molecule has 4 aromatic heterocycles. The van der Waals surface area contributed by atoms with Gasteiger partial charge in [-0.2, -0.15) is 14.8 Å². The summed E-state index contributed by atoms with van der Waals surface area (Å²) in [7, 11) is 0. The first-order valence-electron chi connectivity index (χ1n) is 14.7. The van der Waals surface area contributed by atoms with Gasteiger partial charge in [-0.05, 0) is 42.7 Å². The highest BCUT2D eigenvalue weighted by atomic mass is 19.1. The molecule has 236 valence electrons. The zero-order valence-corrected chi connectivity index (χ0v) is 25.2. The zero-order chi connectivity index (χ0) is 32.3. The average Bonchev–Trinajstić information content (AvgIpc) is 3.55. The Morgan fingerprint density at radius 1 is 1.11 bits per heavy atom. The van der Waals surface area contributed by atoms with Gasteiger partial charge in [0.1, 0.15) is 41.3 Å². The van der Waals surface area contributed by atoms with Crippen molar-refractivity contribution < 1.29 is 23.4 Å². The van der Waals surface area contributed by atoms with E-state index in [1.807, 2.05) is 25.7 Å². The molecule has 2 aliphatic rings. The number of rotatable bonds is 4. The largest absolute Gasteiger partial charge is 0.507 e. The minimum atomic E-state index is -0.913. The van der Waals surface area contributed by atoms with Gasteiger partial charge in [-0.25, -0.2) is 32.9 Å². The van der Waals surface area contributed by atoms with E-state index in [0.29, 0.717) is 23.5 Å². The maximum absolute atomic E-state index is 16.0. The van der Waals surface area contributed by atoms with Gasteiger partial charge in [0.15, 0.2) is 11.5 Å². The van der Waals surface area contributed by atoms with Gasteiger partial charge < -0.3 is 19.6 Å². The molecule has 13 nitrogen and oxygen atoms in total. The fraction of sp³-hybridized carbons (Fsp3) is 0.323. The van der Waals surface area contributed by atoms with Gasteiger partial charge in [0.2, 0.25) is 0 Å².